The third kappa shape index (κ3) is 2.90. The quantitative estimate of drug-likeness (QED) is 0.883. The Labute approximate surface area is 112 Å². The van der Waals surface area contributed by atoms with E-state index in [4.69, 9.17) is 0 Å². The number of anilines is 1. The fraction of sp³-hybridized carbons (Fsp3) is 0.692. The zero-order valence-corrected chi connectivity index (χ0v) is 12.2. The molecular formula is C13H21N3OS. The van der Waals surface area contributed by atoms with Gasteiger partial charge in [0, 0.05) is 16.7 Å². The van der Waals surface area contributed by atoms with Crippen LogP contribution in [0.4, 0.5) is 5.13 Å². The number of nitrogens with one attached hydrogen (secondary N) is 2. The Balaban J connectivity index is 1.96. The fourth-order valence-corrected chi connectivity index (χ4v) is 2.71. The van der Waals surface area contributed by atoms with Gasteiger partial charge in [-0.05, 0) is 19.0 Å². The summed E-state index contributed by atoms with van der Waals surface area (Å²) in [6.45, 7) is 10.2. The molecule has 5 heteroatoms. The predicted molar refractivity (Wildman–Crippen MR) is 75.0 cm³/mol. The van der Waals surface area contributed by atoms with Gasteiger partial charge in [0.1, 0.15) is 0 Å². The lowest BCUT2D eigenvalue weighted by molar-refractivity contribution is -0.121. The minimum absolute atomic E-state index is 0.0307. The van der Waals surface area contributed by atoms with Gasteiger partial charge in [-0.2, -0.15) is 0 Å². The number of carbonyl (C=O) groups excluding carboxylic acids is 1. The Morgan fingerprint density at radius 3 is 2.67 bits per heavy atom. The summed E-state index contributed by atoms with van der Waals surface area (Å²) in [5, 5.41) is 8.85. The summed E-state index contributed by atoms with van der Waals surface area (Å²) < 4.78 is 0. The second kappa shape index (κ2) is 4.97. The molecule has 0 aromatic carbocycles. The summed E-state index contributed by atoms with van der Waals surface area (Å²) >= 11 is 1.50. The van der Waals surface area contributed by atoms with E-state index in [0.717, 1.165) is 18.8 Å². The van der Waals surface area contributed by atoms with E-state index >= 15 is 0 Å². The lowest BCUT2D eigenvalue weighted by Gasteiger charge is -2.31. The SMILES string of the molecule is CC(C(=O)Nc1nc(C(C)(C)C)cs1)C1CNC1. The lowest BCUT2D eigenvalue weighted by atomic mass is 9.88. The van der Waals surface area contributed by atoms with E-state index in [0.29, 0.717) is 11.0 Å². The van der Waals surface area contributed by atoms with Crippen LogP contribution in [0.25, 0.3) is 0 Å². The van der Waals surface area contributed by atoms with Gasteiger partial charge in [0.15, 0.2) is 5.13 Å². The number of carbonyl (C=O) groups is 1. The third-order valence-electron chi connectivity index (χ3n) is 3.44. The molecule has 4 nitrogen and oxygen atoms in total. The third-order valence-corrected chi connectivity index (χ3v) is 4.19. The molecule has 0 aliphatic carbocycles. The first-order valence-corrected chi connectivity index (χ1v) is 7.23. The van der Waals surface area contributed by atoms with E-state index in [1.807, 2.05) is 12.3 Å². The van der Waals surface area contributed by atoms with Crippen molar-refractivity contribution in [1.82, 2.24) is 10.3 Å². The summed E-state index contributed by atoms with van der Waals surface area (Å²) in [5.41, 5.74) is 1.06. The molecule has 100 valence electrons. The van der Waals surface area contributed by atoms with E-state index in [2.05, 4.69) is 36.4 Å². The van der Waals surface area contributed by atoms with Crippen LogP contribution in [0.2, 0.25) is 0 Å². The zero-order chi connectivity index (χ0) is 13.3. The largest absolute Gasteiger partial charge is 0.316 e. The number of amides is 1. The molecule has 0 bridgehead atoms. The van der Waals surface area contributed by atoms with Crippen LogP contribution in [0.15, 0.2) is 5.38 Å². The number of rotatable bonds is 3. The highest BCUT2D eigenvalue weighted by Crippen LogP contribution is 2.27. The molecule has 1 amide bonds. The number of nitrogens with zero attached hydrogens (tertiary/aromatic N) is 1. The maximum absolute atomic E-state index is 12.0. The summed E-state index contributed by atoms with van der Waals surface area (Å²) in [7, 11) is 0. The Hall–Kier alpha value is -0.940. The van der Waals surface area contributed by atoms with Gasteiger partial charge in [-0.3, -0.25) is 4.79 Å². The van der Waals surface area contributed by atoms with E-state index in [9.17, 15) is 4.79 Å². The van der Waals surface area contributed by atoms with Crippen molar-refractivity contribution in [2.24, 2.45) is 11.8 Å². The minimum Gasteiger partial charge on any atom is -0.316 e. The summed E-state index contributed by atoms with van der Waals surface area (Å²) in [4.78, 5) is 16.5. The number of aromatic nitrogens is 1. The topological polar surface area (TPSA) is 54.0 Å². The molecule has 1 unspecified atom stereocenters. The van der Waals surface area contributed by atoms with Crippen molar-refractivity contribution in [2.45, 2.75) is 33.1 Å². The van der Waals surface area contributed by atoms with Gasteiger partial charge in [-0.25, -0.2) is 4.98 Å². The first-order chi connectivity index (χ1) is 8.38. The van der Waals surface area contributed by atoms with Crippen molar-refractivity contribution in [3.8, 4) is 0 Å². The van der Waals surface area contributed by atoms with Crippen molar-refractivity contribution < 1.29 is 4.79 Å². The normalized spacial score (nSPS) is 18.2. The van der Waals surface area contributed by atoms with Crippen molar-refractivity contribution in [1.29, 1.82) is 0 Å². The van der Waals surface area contributed by atoms with Gasteiger partial charge >= 0.3 is 0 Å². The van der Waals surface area contributed by atoms with Crippen LogP contribution in [0, 0.1) is 11.8 Å². The molecule has 2 heterocycles. The Bertz CT molecular complexity index is 432. The summed E-state index contributed by atoms with van der Waals surface area (Å²) in [6.07, 6.45) is 0. The maximum Gasteiger partial charge on any atom is 0.229 e. The van der Waals surface area contributed by atoms with Crippen molar-refractivity contribution >= 4 is 22.4 Å². The highest BCUT2D eigenvalue weighted by molar-refractivity contribution is 7.13. The van der Waals surface area contributed by atoms with E-state index in [1.54, 1.807) is 0 Å². The van der Waals surface area contributed by atoms with Crippen LogP contribution in [-0.4, -0.2) is 24.0 Å². The molecule has 0 radical (unpaired) electrons. The Morgan fingerprint density at radius 2 is 2.22 bits per heavy atom. The monoisotopic (exact) mass is 267 g/mol. The van der Waals surface area contributed by atoms with Crippen LogP contribution in [0.5, 0.6) is 0 Å². The number of hydrogen-bond donors (Lipinski definition) is 2. The fourth-order valence-electron chi connectivity index (χ4n) is 1.77. The van der Waals surface area contributed by atoms with Crippen LogP contribution in [0.3, 0.4) is 0 Å². The van der Waals surface area contributed by atoms with E-state index < -0.39 is 0 Å². The average molecular weight is 267 g/mol. The molecule has 1 atom stereocenters. The van der Waals surface area contributed by atoms with Crippen LogP contribution in [0.1, 0.15) is 33.4 Å². The molecular weight excluding hydrogens is 246 g/mol. The van der Waals surface area contributed by atoms with Gasteiger partial charge in [-0.1, -0.05) is 27.7 Å². The smallest absolute Gasteiger partial charge is 0.229 e. The average Bonchev–Trinajstić information content (AvgIpc) is 2.62. The summed E-state index contributed by atoms with van der Waals surface area (Å²) in [5.74, 6) is 0.594. The second-order valence-corrected chi connectivity index (χ2v) is 6.84. The molecule has 2 N–H and O–H groups in total. The molecule has 1 aliphatic rings. The molecule has 1 aromatic rings. The molecule has 1 aliphatic heterocycles. The van der Waals surface area contributed by atoms with E-state index in [1.165, 1.54) is 11.3 Å². The van der Waals surface area contributed by atoms with E-state index in [-0.39, 0.29) is 17.2 Å². The standard InChI is InChI=1S/C13H21N3OS/c1-8(9-5-14-6-9)11(17)16-12-15-10(7-18-12)13(2,3)4/h7-9,14H,5-6H2,1-4H3,(H,15,16,17). The van der Waals surface area contributed by atoms with Gasteiger partial charge in [0.25, 0.3) is 0 Å². The molecule has 1 saturated heterocycles. The minimum atomic E-state index is 0.0307. The molecule has 18 heavy (non-hydrogen) atoms. The van der Waals surface area contributed by atoms with Gasteiger partial charge in [0.2, 0.25) is 5.91 Å². The van der Waals surface area contributed by atoms with Crippen LogP contribution < -0.4 is 10.6 Å². The molecule has 0 spiro atoms. The first kappa shape index (κ1) is 13.5. The highest BCUT2D eigenvalue weighted by atomic mass is 32.1. The lowest BCUT2D eigenvalue weighted by Crippen LogP contribution is -2.48. The summed E-state index contributed by atoms with van der Waals surface area (Å²) in [6, 6.07) is 0. The number of thiazole rings is 1. The van der Waals surface area contributed by atoms with Gasteiger partial charge in [0.05, 0.1) is 5.69 Å². The zero-order valence-electron chi connectivity index (χ0n) is 11.4. The predicted octanol–water partition coefficient (Wildman–Crippen LogP) is 2.23. The number of hydrogen-bond acceptors (Lipinski definition) is 4. The highest BCUT2D eigenvalue weighted by Gasteiger charge is 2.29. The van der Waals surface area contributed by atoms with Crippen LogP contribution in [-0.2, 0) is 10.2 Å². The van der Waals surface area contributed by atoms with Gasteiger partial charge in [-0.15, -0.1) is 11.3 Å². The van der Waals surface area contributed by atoms with Crippen molar-refractivity contribution in [2.75, 3.05) is 18.4 Å². The van der Waals surface area contributed by atoms with Gasteiger partial charge < -0.3 is 10.6 Å². The Morgan fingerprint density at radius 1 is 1.56 bits per heavy atom. The van der Waals surface area contributed by atoms with Crippen molar-refractivity contribution in [3.05, 3.63) is 11.1 Å². The maximum atomic E-state index is 12.0. The molecule has 0 saturated carbocycles. The molecule has 2 rings (SSSR count). The Kier molecular flexibility index (Phi) is 3.73. The first-order valence-electron chi connectivity index (χ1n) is 6.35. The molecule has 1 aromatic heterocycles. The second-order valence-electron chi connectivity index (χ2n) is 5.98. The molecule has 1 fully saturated rings. The van der Waals surface area contributed by atoms with Crippen LogP contribution >= 0.6 is 11.3 Å². The van der Waals surface area contributed by atoms with Crippen molar-refractivity contribution in [3.63, 3.8) is 0 Å².